The molecule has 0 spiro atoms. The fourth-order valence-corrected chi connectivity index (χ4v) is 2.28. The van der Waals surface area contributed by atoms with Crippen molar-refractivity contribution in [3.8, 4) is 11.5 Å². The normalized spacial score (nSPS) is 11.3. The van der Waals surface area contributed by atoms with E-state index >= 15 is 0 Å². The molecule has 3 aromatic rings. The number of aryl methyl sites for hydroxylation is 2. The molecule has 1 amide bonds. The van der Waals surface area contributed by atoms with Crippen LogP contribution in [-0.4, -0.2) is 30.8 Å². The number of aromatic nitrogens is 5. The maximum Gasteiger partial charge on any atom is 0.433 e. The van der Waals surface area contributed by atoms with E-state index in [9.17, 15) is 18.0 Å². The summed E-state index contributed by atoms with van der Waals surface area (Å²) in [7, 11) is 0. The van der Waals surface area contributed by atoms with Crippen LogP contribution in [0.4, 0.5) is 19.1 Å². The van der Waals surface area contributed by atoms with Gasteiger partial charge in [-0.15, -0.1) is 0 Å². The van der Waals surface area contributed by atoms with Crippen molar-refractivity contribution in [2.24, 2.45) is 0 Å². The second-order valence-corrected chi connectivity index (χ2v) is 5.53. The quantitative estimate of drug-likeness (QED) is 0.757. The maximum absolute atomic E-state index is 12.7. The summed E-state index contributed by atoms with van der Waals surface area (Å²) in [6, 6.07) is 7.01. The lowest BCUT2D eigenvalue weighted by molar-refractivity contribution is -0.141. The lowest BCUT2D eigenvalue weighted by Gasteiger charge is -2.10. The lowest BCUT2D eigenvalue weighted by Crippen LogP contribution is -2.18. The van der Waals surface area contributed by atoms with Gasteiger partial charge in [0.25, 0.3) is 5.91 Å². The summed E-state index contributed by atoms with van der Waals surface area (Å²) in [6.45, 7) is 2.94. The zero-order chi connectivity index (χ0) is 19.6. The van der Waals surface area contributed by atoms with E-state index in [1.807, 2.05) is 0 Å². The molecule has 0 saturated heterocycles. The van der Waals surface area contributed by atoms with Crippen LogP contribution < -0.4 is 5.32 Å². The molecule has 0 aromatic carbocycles. The summed E-state index contributed by atoms with van der Waals surface area (Å²) < 4.78 is 38.1. The zero-order valence-corrected chi connectivity index (χ0v) is 14.2. The van der Waals surface area contributed by atoms with Gasteiger partial charge < -0.3 is 0 Å². The number of amides is 1. The first-order valence-corrected chi connectivity index (χ1v) is 7.74. The molecular formula is C17H13F3N6O. The smallest absolute Gasteiger partial charge is 0.290 e. The fourth-order valence-electron chi connectivity index (χ4n) is 2.28. The van der Waals surface area contributed by atoms with Gasteiger partial charge in [0.05, 0.1) is 11.3 Å². The van der Waals surface area contributed by atoms with Crippen LogP contribution in [0.1, 0.15) is 27.6 Å². The second-order valence-electron chi connectivity index (χ2n) is 5.53. The van der Waals surface area contributed by atoms with Crippen molar-refractivity contribution in [1.29, 1.82) is 0 Å². The Labute approximate surface area is 151 Å². The first-order chi connectivity index (χ1) is 12.7. The Bertz CT molecular complexity index is 992. The predicted octanol–water partition coefficient (Wildman–Crippen LogP) is 3.22. The van der Waals surface area contributed by atoms with Crippen molar-refractivity contribution in [2.75, 3.05) is 5.32 Å². The second kappa shape index (κ2) is 7.06. The highest BCUT2D eigenvalue weighted by atomic mass is 19.4. The highest BCUT2D eigenvalue weighted by molar-refractivity contribution is 6.04. The van der Waals surface area contributed by atoms with Crippen LogP contribution in [0, 0.1) is 13.8 Å². The third kappa shape index (κ3) is 4.22. The number of hydrogen-bond donors (Lipinski definition) is 1. The van der Waals surface area contributed by atoms with E-state index in [0.29, 0.717) is 11.5 Å². The molecule has 0 saturated carbocycles. The number of pyridine rings is 2. The number of halogens is 3. The van der Waals surface area contributed by atoms with Gasteiger partial charge in [-0.3, -0.25) is 15.1 Å². The molecule has 3 aromatic heterocycles. The Balaban J connectivity index is 1.87. The Hall–Kier alpha value is -3.43. The molecule has 0 radical (unpaired) electrons. The molecule has 27 heavy (non-hydrogen) atoms. The van der Waals surface area contributed by atoms with Gasteiger partial charge in [0.1, 0.15) is 17.2 Å². The molecule has 0 bridgehead atoms. The number of nitrogens with zero attached hydrogens (tertiary/aromatic N) is 5. The Morgan fingerprint density at radius 2 is 1.78 bits per heavy atom. The SMILES string of the molecule is Cc1nc(NC(=O)c2ccc(C(F)(F)F)nc2C)nc(-c2ccccn2)n1. The highest BCUT2D eigenvalue weighted by Crippen LogP contribution is 2.28. The number of carbonyl (C=O) groups is 1. The molecular weight excluding hydrogens is 361 g/mol. The molecule has 0 aliphatic carbocycles. The van der Waals surface area contributed by atoms with Gasteiger partial charge in [-0.25, -0.2) is 9.97 Å². The number of carbonyl (C=O) groups excluding carboxylic acids is 1. The molecule has 7 nitrogen and oxygen atoms in total. The molecule has 0 atom stereocenters. The maximum atomic E-state index is 12.7. The van der Waals surface area contributed by atoms with Gasteiger partial charge >= 0.3 is 6.18 Å². The predicted molar refractivity (Wildman–Crippen MR) is 89.7 cm³/mol. The standard InChI is InChI=1S/C17H13F3N6O/c1-9-11(6-7-13(22-9)17(18,19)20)15(27)26-16-24-10(2)23-14(25-16)12-5-3-4-8-21-12/h3-8H,1-2H3,(H,23,24,25,26,27). The number of nitrogens with one attached hydrogen (secondary N) is 1. The molecule has 0 aliphatic rings. The number of alkyl halides is 3. The van der Waals surface area contributed by atoms with Crippen molar-refractivity contribution in [1.82, 2.24) is 24.9 Å². The third-order valence-electron chi connectivity index (χ3n) is 3.49. The summed E-state index contributed by atoms with van der Waals surface area (Å²) >= 11 is 0. The van der Waals surface area contributed by atoms with Crippen LogP contribution in [0.3, 0.4) is 0 Å². The van der Waals surface area contributed by atoms with Crippen molar-refractivity contribution >= 4 is 11.9 Å². The van der Waals surface area contributed by atoms with Gasteiger partial charge in [0, 0.05) is 6.20 Å². The monoisotopic (exact) mass is 374 g/mol. The van der Waals surface area contributed by atoms with Gasteiger partial charge in [0.15, 0.2) is 5.82 Å². The molecule has 0 fully saturated rings. The van der Waals surface area contributed by atoms with E-state index in [2.05, 4.69) is 30.2 Å². The van der Waals surface area contributed by atoms with Gasteiger partial charge in [-0.05, 0) is 38.1 Å². The summed E-state index contributed by atoms with van der Waals surface area (Å²) in [5, 5.41) is 2.46. The van der Waals surface area contributed by atoms with Crippen molar-refractivity contribution in [3.63, 3.8) is 0 Å². The summed E-state index contributed by atoms with van der Waals surface area (Å²) in [5.41, 5.74) is -0.644. The van der Waals surface area contributed by atoms with E-state index in [1.165, 1.54) is 6.92 Å². The van der Waals surface area contributed by atoms with E-state index in [0.717, 1.165) is 12.1 Å². The van der Waals surface area contributed by atoms with E-state index in [-0.39, 0.29) is 23.0 Å². The molecule has 3 heterocycles. The molecule has 0 unspecified atom stereocenters. The number of hydrogen-bond acceptors (Lipinski definition) is 6. The minimum atomic E-state index is -4.58. The zero-order valence-electron chi connectivity index (χ0n) is 14.2. The number of rotatable bonds is 3. The molecule has 138 valence electrons. The topological polar surface area (TPSA) is 93.6 Å². The Kier molecular flexibility index (Phi) is 4.80. The van der Waals surface area contributed by atoms with Crippen LogP contribution in [-0.2, 0) is 6.18 Å². The first kappa shape index (κ1) is 18.4. The van der Waals surface area contributed by atoms with Gasteiger partial charge in [-0.2, -0.15) is 23.1 Å². The van der Waals surface area contributed by atoms with Crippen LogP contribution in [0.5, 0.6) is 0 Å². The Morgan fingerprint density at radius 1 is 1.00 bits per heavy atom. The first-order valence-electron chi connectivity index (χ1n) is 7.74. The molecule has 10 heteroatoms. The highest BCUT2D eigenvalue weighted by Gasteiger charge is 2.33. The van der Waals surface area contributed by atoms with Crippen LogP contribution in [0.2, 0.25) is 0 Å². The van der Waals surface area contributed by atoms with Crippen molar-refractivity contribution in [2.45, 2.75) is 20.0 Å². The van der Waals surface area contributed by atoms with Gasteiger partial charge in [0.2, 0.25) is 5.95 Å². The van der Waals surface area contributed by atoms with Gasteiger partial charge in [-0.1, -0.05) is 6.07 Å². The Morgan fingerprint density at radius 3 is 2.41 bits per heavy atom. The number of anilines is 1. The fraction of sp³-hybridized carbons (Fsp3) is 0.176. The lowest BCUT2D eigenvalue weighted by atomic mass is 10.1. The minimum absolute atomic E-state index is 0.0135. The average Bonchev–Trinajstić information content (AvgIpc) is 2.61. The van der Waals surface area contributed by atoms with Crippen molar-refractivity contribution in [3.05, 3.63) is 59.3 Å². The van der Waals surface area contributed by atoms with E-state index < -0.39 is 17.8 Å². The summed E-state index contributed by atoms with van der Waals surface area (Å²) in [4.78, 5) is 32.3. The summed E-state index contributed by atoms with van der Waals surface area (Å²) in [6.07, 6.45) is -3.01. The third-order valence-corrected chi connectivity index (χ3v) is 3.49. The van der Waals surface area contributed by atoms with E-state index in [1.54, 1.807) is 31.3 Å². The van der Waals surface area contributed by atoms with E-state index in [4.69, 9.17) is 0 Å². The minimum Gasteiger partial charge on any atom is -0.290 e. The van der Waals surface area contributed by atoms with Crippen LogP contribution in [0.25, 0.3) is 11.5 Å². The molecule has 0 aliphatic heterocycles. The largest absolute Gasteiger partial charge is 0.433 e. The average molecular weight is 374 g/mol. The molecule has 3 rings (SSSR count). The molecule has 1 N–H and O–H groups in total. The van der Waals surface area contributed by atoms with Crippen molar-refractivity contribution < 1.29 is 18.0 Å². The van der Waals surface area contributed by atoms with Crippen LogP contribution >= 0.6 is 0 Å². The summed E-state index contributed by atoms with van der Waals surface area (Å²) in [5.74, 6) is -0.0948. The van der Waals surface area contributed by atoms with Crippen LogP contribution in [0.15, 0.2) is 36.5 Å².